The molecule has 120 heavy (non-hydrogen) atoms. The molecule has 0 N–H and O–H groups in total. The lowest BCUT2D eigenvalue weighted by Crippen LogP contribution is -2.41. The van der Waals surface area contributed by atoms with Crippen molar-refractivity contribution >= 4 is 67.5 Å². The van der Waals surface area contributed by atoms with Crippen LogP contribution in [-0.4, -0.2) is 101 Å². The molecule has 0 aliphatic rings. The van der Waals surface area contributed by atoms with E-state index in [0.29, 0.717) is 19.0 Å². The predicted molar refractivity (Wildman–Crippen MR) is 444 cm³/mol. The van der Waals surface area contributed by atoms with Crippen LogP contribution in [0, 0.1) is 27.7 Å². The number of benzene rings is 12. The average Bonchev–Trinajstić information content (AvgIpc) is 0.778. The van der Waals surface area contributed by atoms with Crippen molar-refractivity contribution in [3.05, 3.63) is 338 Å². The van der Waals surface area contributed by atoms with E-state index >= 15 is 0 Å². The van der Waals surface area contributed by atoms with Gasteiger partial charge >= 0.3 is 48.1 Å². The lowest BCUT2D eigenvalue weighted by molar-refractivity contribution is -0.294. The summed E-state index contributed by atoms with van der Waals surface area (Å²) in [5.41, 5.74) is 4.03. The smallest absolute Gasteiger partial charge is 0.456 e. The minimum Gasteiger partial charge on any atom is -0.482 e. The van der Waals surface area contributed by atoms with Gasteiger partial charge in [-0.25, -0.2) is 19.2 Å². The Morgan fingerprint density at radius 1 is 0.258 bits per heavy atom. The second-order valence-corrected chi connectivity index (χ2v) is 34.0. The van der Waals surface area contributed by atoms with Gasteiger partial charge in [0.1, 0.15) is 23.0 Å². The Bertz CT molecular complexity index is 5010. The molecule has 0 atom stereocenters. The zero-order valence-corrected chi connectivity index (χ0v) is 69.3. The molecule has 12 aromatic rings. The zero-order valence-electron chi connectivity index (χ0n) is 66.0. The summed E-state index contributed by atoms with van der Waals surface area (Å²) < 4.78 is 164. The first-order valence-electron chi connectivity index (χ1n) is 37.4. The van der Waals surface area contributed by atoms with E-state index in [4.69, 9.17) is 28.4 Å². The number of aryl methyl sites for hydroxylation is 4. The number of alkyl halides is 10. The summed E-state index contributed by atoms with van der Waals surface area (Å²) in [6.07, 6.45) is -11.6. The second-order valence-electron chi connectivity index (χ2n) is 25.9. The summed E-state index contributed by atoms with van der Waals surface area (Å²) in [6, 6.07) is 104. The third-order valence-electron chi connectivity index (χ3n) is 17.0. The SMILES string of the molecule is CCOC(=O)COc1c(C)cc([S+](c2ccccc2)c2ccccc2)cc1C.CCOC(=O)COc1ccc([S+](c2ccccc2)c2ccccc2)c(C)c1.Cc1cc(OCC(=O)OCC(F)(F)C(F)(F)F)ccc1[S+](c1ccccc1)c1ccccc1.O=C(COc1ccc([S+](c2ccccc2)c2ccccc2)cc1)OCC(F)(F)C(F)(F)F. The summed E-state index contributed by atoms with van der Waals surface area (Å²) in [5, 5.41) is 0. The number of carbonyl (C=O) groups is 4. The topological polar surface area (TPSA) is 142 Å². The van der Waals surface area contributed by atoms with Crippen molar-refractivity contribution in [1.29, 1.82) is 0 Å². The molecule has 624 valence electrons. The predicted octanol–water partition coefficient (Wildman–Crippen LogP) is 22.5. The number of rotatable bonds is 30. The maximum absolute atomic E-state index is 12.9. The fourth-order valence-electron chi connectivity index (χ4n) is 11.4. The molecular weight excluding hydrogens is 1640 g/mol. The van der Waals surface area contributed by atoms with Gasteiger partial charge in [0.25, 0.3) is 0 Å². The summed E-state index contributed by atoms with van der Waals surface area (Å²) in [5.74, 6) is -11.7. The molecule has 0 heterocycles. The van der Waals surface area contributed by atoms with Crippen LogP contribution >= 0.6 is 0 Å². The average molecular weight is 1730 g/mol. The molecule has 0 spiro atoms. The molecule has 0 amide bonds. The van der Waals surface area contributed by atoms with Gasteiger partial charge in [0.05, 0.1) is 56.8 Å². The standard InChI is InChI=1S/C24H20F5O3S.C24H25O3S.C23H18F5O3S.C23H23O3S/c1-17-14-18(31-15-22(30)32-16-23(25,26)24(27,28)29)12-13-21(17)33(19-8-4-2-5-9-19)20-10-6-3-7-11-20;1-4-26-23(25)17-27-24-18(2)15-22(16-19(24)3)28(20-11-7-5-8-12-20)21-13-9-6-10-14-21;24-22(25,23(26,27)28)16-31-21(29)15-30-17-11-13-20(14-12-17)32(18-7-3-1-4-8-18)19-9-5-2-6-10-19;1-3-25-23(24)17-26-19-14-15-22(18(2)16-19)27(20-10-6-4-7-11-20)21-12-8-5-9-13-21/h2-14H,15-16H2,1H3;5-16H,4,17H2,1-3H3;1-14H,15-16H2;4-16H,3,17H2,1-2H3/q4*+1. The molecule has 0 saturated heterocycles. The lowest BCUT2D eigenvalue weighted by atomic mass is 10.1. The molecule has 0 aromatic heterocycles. The molecule has 0 fully saturated rings. The van der Waals surface area contributed by atoms with E-state index in [0.717, 1.165) is 57.4 Å². The van der Waals surface area contributed by atoms with Gasteiger partial charge in [-0.1, -0.05) is 146 Å². The molecule has 26 heteroatoms. The minimum absolute atomic E-state index is 0.0715. The van der Waals surface area contributed by atoms with Gasteiger partial charge in [-0.3, -0.25) is 0 Å². The summed E-state index contributed by atoms with van der Waals surface area (Å²) in [6.45, 7) is 6.37. The van der Waals surface area contributed by atoms with Crippen molar-refractivity contribution in [2.24, 2.45) is 0 Å². The van der Waals surface area contributed by atoms with Crippen LogP contribution in [0.5, 0.6) is 23.0 Å². The minimum atomic E-state index is -5.80. The Morgan fingerprint density at radius 2 is 0.492 bits per heavy atom. The van der Waals surface area contributed by atoms with Gasteiger partial charge in [-0.05, 0) is 210 Å². The highest BCUT2D eigenvalue weighted by Gasteiger charge is 2.59. The first-order valence-corrected chi connectivity index (χ1v) is 42.3. The third-order valence-corrected chi connectivity index (χ3v) is 26.2. The van der Waals surface area contributed by atoms with Crippen LogP contribution in [0.25, 0.3) is 0 Å². The van der Waals surface area contributed by atoms with Crippen LogP contribution < -0.4 is 18.9 Å². The highest BCUT2D eigenvalue weighted by Crippen LogP contribution is 2.41. The van der Waals surface area contributed by atoms with Crippen molar-refractivity contribution in [2.45, 2.75) is 124 Å². The summed E-state index contributed by atoms with van der Waals surface area (Å²) >= 11 is 0. The number of hydrogen-bond acceptors (Lipinski definition) is 12. The Hall–Kier alpha value is -11.6. The van der Waals surface area contributed by atoms with E-state index in [1.165, 1.54) is 29.4 Å². The van der Waals surface area contributed by atoms with E-state index < -0.39 is 84.4 Å². The monoisotopic (exact) mass is 1720 g/mol. The molecule has 12 nitrogen and oxygen atoms in total. The molecule has 0 bridgehead atoms. The first kappa shape index (κ1) is 92.3. The number of esters is 4. The largest absolute Gasteiger partial charge is 0.482 e. The molecule has 0 aliphatic carbocycles. The molecular formula is C94H86F10O12S4+4. The zero-order chi connectivity index (χ0) is 86.2. The Balaban J connectivity index is 0.000000183. The molecule has 0 aliphatic heterocycles. The van der Waals surface area contributed by atoms with E-state index in [2.05, 4.69) is 132 Å². The first-order chi connectivity index (χ1) is 57.5. The quantitative estimate of drug-likeness (QED) is 0.0183. The van der Waals surface area contributed by atoms with Crippen LogP contribution in [0.1, 0.15) is 36.1 Å². The van der Waals surface area contributed by atoms with Gasteiger partial charge in [-0.15, -0.1) is 0 Å². The molecule has 0 unspecified atom stereocenters. The van der Waals surface area contributed by atoms with Crippen molar-refractivity contribution in [1.82, 2.24) is 0 Å². The van der Waals surface area contributed by atoms with Crippen LogP contribution in [-0.2, 0) is 81.7 Å². The van der Waals surface area contributed by atoms with Crippen molar-refractivity contribution in [2.75, 3.05) is 52.9 Å². The Labute approximate surface area is 702 Å². The van der Waals surface area contributed by atoms with Gasteiger partial charge < -0.3 is 37.9 Å². The van der Waals surface area contributed by atoms with Crippen LogP contribution in [0.2, 0.25) is 0 Å². The fourth-order valence-corrected chi connectivity index (χ4v) is 20.2. The fraction of sp³-hybridized carbons (Fsp3) is 0.191. The maximum Gasteiger partial charge on any atom is 0.456 e. The van der Waals surface area contributed by atoms with Gasteiger partial charge in [-0.2, -0.15) is 43.9 Å². The second kappa shape index (κ2) is 45.0. The van der Waals surface area contributed by atoms with Crippen LogP contribution in [0.15, 0.2) is 374 Å². The Morgan fingerprint density at radius 3 is 0.758 bits per heavy atom. The van der Waals surface area contributed by atoms with Gasteiger partial charge in [0.15, 0.2) is 98.4 Å². The van der Waals surface area contributed by atoms with Crippen molar-refractivity contribution in [3.63, 3.8) is 0 Å². The molecule has 12 rings (SSSR count). The number of hydrogen-bond donors (Lipinski definition) is 0. The van der Waals surface area contributed by atoms with E-state index in [9.17, 15) is 63.1 Å². The maximum atomic E-state index is 12.9. The molecule has 12 aromatic carbocycles. The highest BCUT2D eigenvalue weighted by molar-refractivity contribution is 7.98. The highest BCUT2D eigenvalue weighted by atomic mass is 32.2. The number of carbonyl (C=O) groups excluding carboxylic acids is 4. The normalized spacial score (nSPS) is 11.4. The van der Waals surface area contributed by atoms with Crippen LogP contribution in [0.3, 0.4) is 0 Å². The van der Waals surface area contributed by atoms with Crippen LogP contribution in [0.4, 0.5) is 43.9 Å². The van der Waals surface area contributed by atoms with E-state index in [1.54, 1.807) is 38.1 Å². The molecule has 0 radical (unpaired) electrons. The van der Waals surface area contributed by atoms with E-state index in [-0.39, 0.29) is 58.4 Å². The van der Waals surface area contributed by atoms with Gasteiger partial charge in [0.2, 0.25) is 0 Å². The van der Waals surface area contributed by atoms with Crippen molar-refractivity contribution < 1.29 is 101 Å². The Kier molecular flexibility index (Phi) is 34.6. The third kappa shape index (κ3) is 27.2. The lowest BCUT2D eigenvalue weighted by Gasteiger charge is -2.19. The number of halogens is 10. The van der Waals surface area contributed by atoms with E-state index in [1.807, 2.05) is 197 Å². The summed E-state index contributed by atoms with van der Waals surface area (Å²) in [4.78, 5) is 60.2. The number of ether oxygens (including phenoxy) is 8. The van der Waals surface area contributed by atoms with Gasteiger partial charge in [0, 0.05) is 23.3 Å². The summed E-state index contributed by atoms with van der Waals surface area (Å²) in [7, 11) is -1.20. The van der Waals surface area contributed by atoms with Crippen molar-refractivity contribution in [3.8, 4) is 23.0 Å². The molecule has 0 saturated carbocycles.